The number of amides is 1. The van der Waals surface area contributed by atoms with Crippen LogP contribution in [0.15, 0.2) is 72.9 Å². The van der Waals surface area contributed by atoms with Crippen molar-refractivity contribution in [3.63, 3.8) is 0 Å². The van der Waals surface area contributed by atoms with Gasteiger partial charge in [-0.3, -0.25) is 14.7 Å². The number of carbonyl (C=O) groups is 1. The van der Waals surface area contributed by atoms with E-state index in [1.165, 1.54) is 5.56 Å². The van der Waals surface area contributed by atoms with Crippen LogP contribution in [0.2, 0.25) is 0 Å². The molecule has 1 aliphatic rings. The van der Waals surface area contributed by atoms with E-state index in [-0.39, 0.29) is 11.9 Å². The van der Waals surface area contributed by atoms with Crippen molar-refractivity contribution < 1.29 is 9.53 Å². The second kappa shape index (κ2) is 10.4. The summed E-state index contributed by atoms with van der Waals surface area (Å²) < 4.78 is 5.36. The number of benzene rings is 2. The third-order valence-electron chi connectivity index (χ3n) is 6.33. The predicted molar refractivity (Wildman–Crippen MR) is 127 cm³/mol. The summed E-state index contributed by atoms with van der Waals surface area (Å²) in [5.74, 6) is 1.21. The van der Waals surface area contributed by atoms with Crippen LogP contribution in [0.1, 0.15) is 46.1 Å². The number of aromatic nitrogens is 1. The molecule has 1 amide bonds. The van der Waals surface area contributed by atoms with Crippen LogP contribution in [-0.4, -0.2) is 36.0 Å². The van der Waals surface area contributed by atoms with Gasteiger partial charge in [0.15, 0.2) is 0 Å². The maximum Gasteiger partial charge on any atom is 0.252 e. The number of aryl methyl sites for hydroxylation is 1. The third-order valence-corrected chi connectivity index (χ3v) is 6.33. The van der Waals surface area contributed by atoms with Crippen LogP contribution in [0.3, 0.4) is 0 Å². The number of nitrogens with zero attached hydrogens (tertiary/aromatic N) is 2. The van der Waals surface area contributed by atoms with Crippen molar-refractivity contribution in [1.82, 2.24) is 15.2 Å². The van der Waals surface area contributed by atoms with Crippen molar-refractivity contribution in [3.05, 3.63) is 95.3 Å². The molecule has 0 unspecified atom stereocenters. The lowest BCUT2D eigenvalue weighted by atomic mass is 9.86. The van der Waals surface area contributed by atoms with E-state index in [0.29, 0.717) is 5.92 Å². The Morgan fingerprint density at radius 1 is 1.09 bits per heavy atom. The summed E-state index contributed by atoms with van der Waals surface area (Å²) >= 11 is 0. The Labute approximate surface area is 190 Å². The van der Waals surface area contributed by atoms with Crippen molar-refractivity contribution in [2.24, 2.45) is 5.92 Å². The molecule has 0 radical (unpaired) electrons. The number of rotatable bonds is 7. The van der Waals surface area contributed by atoms with E-state index >= 15 is 0 Å². The molecule has 0 saturated carbocycles. The van der Waals surface area contributed by atoms with E-state index in [0.717, 1.165) is 55.0 Å². The van der Waals surface area contributed by atoms with Crippen LogP contribution in [0.25, 0.3) is 0 Å². The molecule has 2 heterocycles. The van der Waals surface area contributed by atoms with Gasteiger partial charge in [-0.05, 0) is 80.2 Å². The van der Waals surface area contributed by atoms with E-state index < -0.39 is 0 Å². The summed E-state index contributed by atoms with van der Waals surface area (Å²) in [7, 11) is 1.70. The van der Waals surface area contributed by atoms with Gasteiger partial charge in [0.05, 0.1) is 18.8 Å². The van der Waals surface area contributed by atoms with E-state index in [2.05, 4.69) is 27.3 Å². The Balaban J connectivity index is 1.44. The first-order valence-electron chi connectivity index (χ1n) is 11.3. The Kier molecular flexibility index (Phi) is 7.17. The summed E-state index contributed by atoms with van der Waals surface area (Å²) in [5, 5.41) is 3.30. The number of nitrogens with one attached hydrogen (secondary N) is 1. The fourth-order valence-electron chi connectivity index (χ4n) is 4.51. The normalized spacial score (nSPS) is 15.8. The molecule has 1 saturated heterocycles. The molecule has 1 aliphatic heterocycles. The minimum absolute atomic E-state index is 0.0300. The summed E-state index contributed by atoms with van der Waals surface area (Å²) in [5.41, 5.74) is 3.90. The van der Waals surface area contributed by atoms with Crippen LogP contribution in [0.4, 0.5) is 0 Å². The maximum atomic E-state index is 13.1. The second-order valence-electron chi connectivity index (χ2n) is 8.49. The van der Waals surface area contributed by atoms with Gasteiger partial charge in [-0.25, -0.2) is 0 Å². The van der Waals surface area contributed by atoms with E-state index in [9.17, 15) is 4.79 Å². The smallest absolute Gasteiger partial charge is 0.252 e. The number of piperidine rings is 1. The predicted octanol–water partition coefficient (Wildman–Crippen LogP) is 4.78. The first-order chi connectivity index (χ1) is 15.6. The van der Waals surface area contributed by atoms with Gasteiger partial charge in [-0.2, -0.15) is 0 Å². The molecule has 32 heavy (non-hydrogen) atoms. The highest BCUT2D eigenvalue weighted by Gasteiger charge is 2.30. The molecule has 1 N–H and O–H groups in total. The first kappa shape index (κ1) is 22.0. The molecule has 2 aromatic carbocycles. The van der Waals surface area contributed by atoms with Crippen LogP contribution < -0.4 is 10.1 Å². The lowest BCUT2D eigenvalue weighted by Gasteiger charge is -2.36. The van der Waals surface area contributed by atoms with Crippen LogP contribution in [-0.2, 0) is 6.54 Å². The molecule has 5 heteroatoms. The molecule has 0 spiro atoms. The highest BCUT2D eigenvalue weighted by molar-refractivity contribution is 5.95. The molecular weight excluding hydrogens is 398 g/mol. The fourth-order valence-corrected chi connectivity index (χ4v) is 4.51. The largest absolute Gasteiger partial charge is 0.497 e. The van der Waals surface area contributed by atoms with Gasteiger partial charge in [-0.1, -0.05) is 36.4 Å². The van der Waals surface area contributed by atoms with E-state index in [1.54, 1.807) is 13.3 Å². The van der Waals surface area contributed by atoms with Gasteiger partial charge < -0.3 is 10.1 Å². The number of pyridine rings is 1. The fraction of sp³-hybridized carbons (Fsp3) is 0.333. The Bertz CT molecular complexity index is 1030. The van der Waals surface area contributed by atoms with Crippen molar-refractivity contribution >= 4 is 5.91 Å². The number of likely N-dealkylation sites (tertiary alicyclic amines) is 1. The Morgan fingerprint density at radius 3 is 2.59 bits per heavy atom. The van der Waals surface area contributed by atoms with Gasteiger partial charge in [0.25, 0.3) is 5.91 Å². The summed E-state index contributed by atoms with van der Waals surface area (Å²) in [6.45, 7) is 4.87. The third kappa shape index (κ3) is 5.35. The zero-order chi connectivity index (χ0) is 22.3. The van der Waals surface area contributed by atoms with Crippen molar-refractivity contribution in [1.29, 1.82) is 0 Å². The van der Waals surface area contributed by atoms with Crippen LogP contribution >= 0.6 is 0 Å². The van der Waals surface area contributed by atoms with Gasteiger partial charge in [0.2, 0.25) is 0 Å². The van der Waals surface area contributed by atoms with Crippen molar-refractivity contribution in [2.75, 3.05) is 20.2 Å². The topological polar surface area (TPSA) is 54.5 Å². The monoisotopic (exact) mass is 429 g/mol. The molecule has 3 aromatic rings. The Morgan fingerprint density at radius 2 is 1.88 bits per heavy atom. The molecule has 166 valence electrons. The number of hydrogen-bond acceptors (Lipinski definition) is 4. The molecule has 1 fully saturated rings. The Hall–Kier alpha value is -3.18. The minimum atomic E-state index is -0.0951. The van der Waals surface area contributed by atoms with Gasteiger partial charge in [0.1, 0.15) is 5.75 Å². The zero-order valence-electron chi connectivity index (χ0n) is 18.8. The van der Waals surface area contributed by atoms with Crippen molar-refractivity contribution in [2.45, 2.75) is 32.4 Å². The lowest BCUT2D eigenvalue weighted by Crippen LogP contribution is -2.41. The number of methoxy groups -OCH3 is 1. The summed E-state index contributed by atoms with van der Waals surface area (Å²) in [4.78, 5) is 20.2. The average molecular weight is 430 g/mol. The highest BCUT2D eigenvalue weighted by atomic mass is 16.5. The lowest BCUT2D eigenvalue weighted by molar-refractivity contribution is 0.0887. The summed E-state index contributed by atoms with van der Waals surface area (Å²) in [6, 6.07) is 21.8. The number of hydrogen-bond donors (Lipinski definition) is 1. The molecule has 4 rings (SSSR count). The zero-order valence-corrected chi connectivity index (χ0v) is 18.8. The molecule has 5 nitrogen and oxygen atoms in total. The molecular formula is C27H31N3O2. The second-order valence-corrected chi connectivity index (χ2v) is 8.49. The van der Waals surface area contributed by atoms with Crippen LogP contribution in [0, 0.1) is 12.8 Å². The van der Waals surface area contributed by atoms with Crippen molar-refractivity contribution in [3.8, 4) is 5.75 Å². The molecule has 0 aliphatic carbocycles. The van der Waals surface area contributed by atoms with Gasteiger partial charge >= 0.3 is 0 Å². The highest BCUT2D eigenvalue weighted by Crippen LogP contribution is 2.31. The molecule has 0 bridgehead atoms. The average Bonchev–Trinajstić information content (AvgIpc) is 2.84. The number of ether oxygens (including phenoxy) is 1. The maximum absolute atomic E-state index is 13.1. The quantitative estimate of drug-likeness (QED) is 0.587. The van der Waals surface area contributed by atoms with Crippen LogP contribution in [0.5, 0.6) is 5.75 Å². The van der Waals surface area contributed by atoms with E-state index in [1.807, 2.05) is 61.5 Å². The van der Waals surface area contributed by atoms with E-state index in [4.69, 9.17) is 4.74 Å². The number of carbonyl (C=O) groups excluding carboxylic acids is 1. The minimum Gasteiger partial charge on any atom is -0.497 e. The van der Waals surface area contributed by atoms with Gasteiger partial charge in [0, 0.05) is 18.3 Å². The van der Waals surface area contributed by atoms with Gasteiger partial charge in [-0.15, -0.1) is 0 Å². The standard InChI is InChI=1S/C27H31N3O2/c1-20-8-3-4-11-24(20)27(31)29-26(25-12-5-6-15-28-25)22-13-16-30(17-14-22)19-21-9-7-10-23(18-21)32-2/h3-12,15,18,22,26H,13-14,16-17,19H2,1-2H3,(H,29,31)/t26-/m0/s1. The first-order valence-corrected chi connectivity index (χ1v) is 11.3. The molecule has 1 atom stereocenters. The molecule has 1 aromatic heterocycles. The SMILES string of the molecule is COc1cccc(CN2CCC([C@H](NC(=O)c3ccccc3C)c3ccccn3)CC2)c1. The summed E-state index contributed by atoms with van der Waals surface area (Å²) in [6.07, 6.45) is 3.83.